The van der Waals surface area contributed by atoms with Crippen LogP contribution in [0.15, 0.2) is 4.99 Å². The monoisotopic (exact) mass is 469 g/mol. The lowest BCUT2D eigenvalue weighted by Gasteiger charge is -2.37. The van der Waals surface area contributed by atoms with Gasteiger partial charge < -0.3 is 15.0 Å². The predicted molar refractivity (Wildman–Crippen MR) is 117 cm³/mol. The molecular formula is C18H36IN3OS. The maximum atomic E-state index is 5.53. The van der Waals surface area contributed by atoms with Crippen LogP contribution in [0.4, 0.5) is 0 Å². The molecule has 4 nitrogen and oxygen atoms in total. The summed E-state index contributed by atoms with van der Waals surface area (Å²) in [5, 5.41) is 3.63. The molecule has 0 aromatic carbocycles. The first-order chi connectivity index (χ1) is 11.1. The maximum absolute atomic E-state index is 5.53. The molecule has 1 saturated carbocycles. The molecule has 24 heavy (non-hydrogen) atoms. The third-order valence-corrected chi connectivity index (χ3v) is 7.07. The third kappa shape index (κ3) is 6.56. The van der Waals surface area contributed by atoms with Crippen molar-refractivity contribution in [1.29, 1.82) is 0 Å². The average molecular weight is 469 g/mol. The zero-order valence-corrected chi connectivity index (χ0v) is 19.0. The second-order valence-electron chi connectivity index (χ2n) is 7.41. The van der Waals surface area contributed by atoms with Crippen molar-refractivity contribution in [3.8, 4) is 0 Å². The number of hydrogen-bond acceptors (Lipinski definition) is 3. The van der Waals surface area contributed by atoms with Gasteiger partial charge in [-0.25, -0.2) is 0 Å². The second kappa shape index (κ2) is 11.1. The number of ether oxygens (including phenoxy) is 1. The van der Waals surface area contributed by atoms with Gasteiger partial charge in [0.2, 0.25) is 0 Å². The highest BCUT2D eigenvalue weighted by molar-refractivity contribution is 14.0. The summed E-state index contributed by atoms with van der Waals surface area (Å²) in [6.45, 7) is 6.27. The fourth-order valence-electron chi connectivity index (χ4n) is 3.81. The van der Waals surface area contributed by atoms with Gasteiger partial charge >= 0.3 is 0 Å². The van der Waals surface area contributed by atoms with Gasteiger partial charge in [0.25, 0.3) is 0 Å². The van der Waals surface area contributed by atoms with E-state index in [1.807, 2.05) is 18.8 Å². The van der Waals surface area contributed by atoms with E-state index in [4.69, 9.17) is 4.74 Å². The third-order valence-electron chi connectivity index (χ3n) is 5.65. The van der Waals surface area contributed by atoms with Crippen molar-refractivity contribution in [3.63, 3.8) is 0 Å². The molecule has 1 heterocycles. The van der Waals surface area contributed by atoms with E-state index < -0.39 is 0 Å². The standard InChI is InChI=1S/C18H35N3OS.HI/c1-15-5-7-16(8-6-15)13-21(3)17(19-2)20-14-18(23-4)9-11-22-12-10-18;/h15-16H,5-14H2,1-4H3,(H,19,20);1H. The normalized spacial score (nSPS) is 27.2. The summed E-state index contributed by atoms with van der Waals surface area (Å²) in [5.74, 6) is 2.79. The number of thioether (sulfide) groups is 1. The first-order valence-corrected chi connectivity index (χ1v) is 10.4. The number of halogens is 1. The molecule has 1 N–H and O–H groups in total. The van der Waals surface area contributed by atoms with Crippen molar-refractivity contribution in [3.05, 3.63) is 0 Å². The summed E-state index contributed by atoms with van der Waals surface area (Å²) in [4.78, 5) is 6.84. The summed E-state index contributed by atoms with van der Waals surface area (Å²) < 4.78 is 5.84. The minimum Gasteiger partial charge on any atom is -0.381 e. The van der Waals surface area contributed by atoms with Gasteiger partial charge in [0, 0.05) is 45.1 Å². The summed E-state index contributed by atoms with van der Waals surface area (Å²) in [7, 11) is 4.08. The van der Waals surface area contributed by atoms with E-state index >= 15 is 0 Å². The lowest BCUT2D eigenvalue weighted by atomic mass is 9.83. The predicted octanol–water partition coefficient (Wildman–Crippen LogP) is 3.85. The van der Waals surface area contributed by atoms with Crippen molar-refractivity contribution < 1.29 is 4.74 Å². The van der Waals surface area contributed by atoms with Gasteiger partial charge in [-0.05, 0) is 43.8 Å². The van der Waals surface area contributed by atoms with Crippen LogP contribution in [0.25, 0.3) is 0 Å². The molecule has 0 atom stereocenters. The molecule has 0 bridgehead atoms. The van der Waals surface area contributed by atoms with Gasteiger partial charge in [-0.3, -0.25) is 4.99 Å². The first kappa shape index (κ1) is 22.4. The van der Waals surface area contributed by atoms with E-state index in [-0.39, 0.29) is 24.0 Å². The van der Waals surface area contributed by atoms with Crippen molar-refractivity contribution >= 4 is 41.7 Å². The molecule has 142 valence electrons. The van der Waals surface area contributed by atoms with Crippen molar-refractivity contribution in [2.45, 2.75) is 50.2 Å². The largest absolute Gasteiger partial charge is 0.381 e. The molecule has 0 spiro atoms. The number of aliphatic imine (C=N–C) groups is 1. The highest BCUT2D eigenvalue weighted by Crippen LogP contribution is 2.33. The molecule has 2 fully saturated rings. The van der Waals surface area contributed by atoms with Gasteiger partial charge in [-0.1, -0.05) is 19.8 Å². The fourth-order valence-corrected chi connectivity index (χ4v) is 4.60. The lowest BCUT2D eigenvalue weighted by molar-refractivity contribution is 0.0781. The van der Waals surface area contributed by atoms with Crippen LogP contribution < -0.4 is 5.32 Å². The van der Waals surface area contributed by atoms with Gasteiger partial charge in [0.15, 0.2) is 5.96 Å². The van der Waals surface area contributed by atoms with Crippen LogP contribution in [0.5, 0.6) is 0 Å². The topological polar surface area (TPSA) is 36.9 Å². The van der Waals surface area contributed by atoms with E-state index in [0.29, 0.717) is 4.75 Å². The average Bonchev–Trinajstić information content (AvgIpc) is 2.58. The minimum atomic E-state index is 0. The number of nitrogens with one attached hydrogen (secondary N) is 1. The zero-order chi connectivity index (χ0) is 16.7. The van der Waals surface area contributed by atoms with Crippen LogP contribution in [0.1, 0.15) is 45.4 Å². The number of nitrogens with zero attached hydrogens (tertiary/aromatic N) is 2. The highest BCUT2D eigenvalue weighted by atomic mass is 127. The van der Waals surface area contributed by atoms with Crippen LogP contribution in [-0.2, 0) is 4.74 Å². The molecule has 0 aromatic rings. The number of rotatable bonds is 5. The van der Waals surface area contributed by atoms with E-state index in [2.05, 4.69) is 35.4 Å². The Morgan fingerprint density at radius 3 is 2.42 bits per heavy atom. The smallest absolute Gasteiger partial charge is 0.193 e. The Balaban J connectivity index is 0.00000288. The van der Waals surface area contributed by atoms with Gasteiger partial charge in [-0.15, -0.1) is 24.0 Å². The van der Waals surface area contributed by atoms with Crippen LogP contribution >= 0.6 is 35.7 Å². The molecule has 0 aromatic heterocycles. The molecule has 2 rings (SSSR count). The summed E-state index contributed by atoms with van der Waals surface area (Å²) in [5.41, 5.74) is 0. The Morgan fingerprint density at radius 2 is 1.88 bits per heavy atom. The van der Waals surface area contributed by atoms with Crippen LogP contribution in [0.2, 0.25) is 0 Å². The Bertz CT molecular complexity index is 380. The Labute approximate surface area is 170 Å². The van der Waals surface area contributed by atoms with Gasteiger partial charge in [0.1, 0.15) is 0 Å². The van der Waals surface area contributed by atoms with Crippen molar-refractivity contribution in [2.75, 3.05) is 46.7 Å². The molecule has 0 amide bonds. The zero-order valence-electron chi connectivity index (χ0n) is 15.8. The van der Waals surface area contributed by atoms with Crippen LogP contribution in [-0.4, -0.2) is 62.3 Å². The van der Waals surface area contributed by atoms with Crippen LogP contribution in [0, 0.1) is 11.8 Å². The molecule has 2 aliphatic rings. The van der Waals surface area contributed by atoms with E-state index in [0.717, 1.165) is 56.9 Å². The second-order valence-corrected chi connectivity index (χ2v) is 8.68. The number of hydrogen-bond donors (Lipinski definition) is 1. The summed E-state index contributed by atoms with van der Waals surface area (Å²) in [6.07, 6.45) is 10.00. The molecule has 1 aliphatic carbocycles. The molecule has 0 radical (unpaired) electrons. The van der Waals surface area contributed by atoms with Crippen LogP contribution in [0.3, 0.4) is 0 Å². The minimum absolute atomic E-state index is 0. The molecule has 6 heteroatoms. The fraction of sp³-hybridized carbons (Fsp3) is 0.944. The summed E-state index contributed by atoms with van der Waals surface area (Å²) >= 11 is 1.98. The van der Waals surface area contributed by atoms with E-state index in [1.54, 1.807) is 0 Å². The highest BCUT2D eigenvalue weighted by Gasteiger charge is 2.32. The van der Waals surface area contributed by atoms with E-state index in [9.17, 15) is 0 Å². The molecule has 1 saturated heterocycles. The molecule has 0 unspecified atom stereocenters. The SMILES string of the molecule is CN=C(NCC1(SC)CCOCC1)N(C)CC1CCC(C)CC1.I. The van der Waals surface area contributed by atoms with E-state index in [1.165, 1.54) is 25.7 Å². The Morgan fingerprint density at radius 1 is 1.25 bits per heavy atom. The van der Waals surface area contributed by atoms with Crippen molar-refractivity contribution in [2.24, 2.45) is 16.8 Å². The first-order valence-electron chi connectivity index (χ1n) is 9.13. The maximum Gasteiger partial charge on any atom is 0.193 e. The van der Waals surface area contributed by atoms with Gasteiger partial charge in [0.05, 0.1) is 0 Å². The number of guanidine groups is 1. The van der Waals surface area contributed by atoms with Gasteiger partial charge in [-0.2, -0.15) is 11.8 Å². The Kier molecular flexibility index (Phi) is 10.4. The molecular weight excluding hydrogens is 433 g/mol. The van der Waals surface area contributed by atoms with Crippen molar-refractivity contribution in [1.82, 2.24) is 10.2 Å². The summed E-state index contributed by atoms with van der Waals surface area (Å²) in [6, 6.07) is 0. The molecule has 1 aliphatic heterocycles. The quantitative estimate of drug-likeness (QED) is 0.377. The Hall–Kier alpha value is 0.310. The lowest BCUT2D eigenvalue weighted by Crippen LogP contribution is -2.49.